The minimum absolute atomic E-state index is 0.149. The number of ether oxygens (including phenoxy) is 1. The second kappa shape index (κ2) is 10.5. The molecule has 1 N–H and O–H groups in total. The first-order valence-corrected chi connectivity index (χ1v) is 16.6. The number of hydrogen-bond donors (Lipinski definition) is 1. The van der Waals surface area contributed by atoms with Crippen LogP contribution in [0.25, 0.3) is 21.9 Å². The first kappa shape index (κ1) is 26.1. The molecule has 2 aliphatic rings. The van der Waals surface area contributed by atoms with Crippen LogP contribution < -0.4 is 13.1 Å². The third kappa shape index (κ3) is 4.96. The van der Waals surface area contributed by atoms with Crippen molar-refractivity contribution in [3.8, 4) is 11.5 Å². The van der Waals surface area contributed by atoms with E-state index >= 15 is 0 Å². The van der Waals surface area contributed by atoms with Gasteiger partial charge in [-0.25, -0.2) is 0 Å². The number of phenolic OH excluding ortho intramolecular Hbond substituents is 1. The van der Waals surface area contributed by atoms with Crippen molar-refractivity contribution in [1.29, 1.82) is 0 Å². The van der Waals surface area contributed by atoms with Crippen LogP contribution in [-0.2, 0) is 14.9 Å². The Labute approximate surface area is 245 Å². The molecule has 7 heteroatoms. The molecule has 3 atom stereocenters. The molecule has 7 rings (SSSR count). The van der Waals surface area contributed by atoms with Crippen molar-refractivity contribution in [2.75, 3.05) is 0 Å². The van der Waals surface area contributed by atoms with Crippen molar-refractivity contribution in [3.63, 3.8) is 0 Å². The summed E-state index contributed by atoms with van der Waals surface area (Å²) in [4.78, 5) is 0. The molecule has 5 nitrogen and oxygen atoms in total. The van der Waals surface area contributed by atoms with E-state index in [4.69, 9.17) is 8.92 Å². The Kier molecular flexibility index (Phi) is 6.68. The molecule has 0 aliphatic carbocycles. The van der Waals surface area contributed by atoms with Crippen molar-refractivity contribution in [1.82, 2.24) is 0 Å². The first-order valence-electron chi connectivity index (χ1n) is 13.4. The monoisotopic (exact) mass is 626 g/mol. The van der Waals surface area contributed by atoms with Crippen LogP contribution in [0.1, 0.15) is 17.5 Å². The molecule has 41 heavy (non-hydrogen) atoms. The Morgan fingerprint density at radius 3 is 2.12 bits per heavy atom. The Hall–Kier alpha value is -3.87. The van der Waals surface area contributed by atoms with Crippen molar-refractivity contribution in [2.24, 2.45) is 0 Å². The van der Waals surface area contributed by atoms with Crippen LogP contribution in [-0.4, -0.2) is 45.9 Å². The number of fused-ring (bicyclic) bond motifs is 3. The van der Waals surface area contributed by atoms with Gasteiger partial charge in [-0.3, -0.25) is 0 Å². The maximum absolute atomic E-state index is 13.8. The van der Waals surface area contributed by atoms with E-state index in [1.165, 1.54) is 8.92 Å². The fraction of sp³-hybridized carbons (Fsp3) is 0.118. The van der Waals surface area contributed by atoms with Crippen molar-refractivity contribution in [3.05, 3.63) is 132 Å². The molecule has 1 saturated heterocycles. The normalized spacial score (nSPS) is 20.0. The molecule has 0 amide bonds. The van der Waals surface area contributed by atoms with Gasteiger partial charge in [0.1, 0.15) is 0 Å². The van der Waals surface area contributed by atoms with Crippen LogP contribution in [0.5, 0.6) is 11.5 Å². The summed E-state index contributed by atoms with van der Waals surface area (Å²) in [5, 5.41) is 10.7. The Morgan fingerprint density at radius 1 is 0.707 bits per heavy atom. The Balaban J connectivity index is 1.24. The molecule has 3 unspecified atom stereocenters. The van der Waals surface area contributed by atoms with Gasteiger partial charge < -0.3 is 0 Å². The molecule has 0 spiro atoms. The quantitative estimate of drug-likeness (QED) is 0.202. The SMILES string of the molecule is O=S(=O)(Oc1cccc2ccccc12)C1CC2OC1C(c1ccc(O)cc1)=C2c1ccc([Se]c2ccccc2)cc1. The third-order valence-electron chi connectivity index (χ3n) is 7.64. The van der Waals surface area contributed by atoms with Gasteiger partial charge in [0.25, 0.3) is 0 Å². The van der Waals surface area contributed by atoms with Crippen molar-refractivity contribution in [2.45, 2.75) is 23.9 Å². The maximum atomic E-state index is 13.8. The van der Waals surface area contributed by atoms with Gasteiger partial charge in [-0.05, 0) is 5.39 Å². The molecule has 2 aliphatic heterocycles. The van der Waals surface area contributed by atoms with E-state index in [9.17, 15) is 13.5 Å². The molecule has 1 fully saturated rings. The molecule has 0 aromatic heterocycles. The van der Waals surface area contributed by atoms with E-state index < -0.39 is 21.5 Å². The number of rotatable bonds is 7. The van der Waals surface area contributed by atoms with Gasteiger partial charge in [-0.1, -0.05) is 36.4 Å². The van der Waals surface area contributed by atoms with Crippen LogP contribution in [0.4, 0.5) is 0 Å². The van der Waals surface area contributed by atoms with Gasteiger partial charge in [0.15, 0.2) is 0 Å². The van der Waals surface area contributed by atoms with Crippen LogP contribution in [0, 0.1) is 0 Å². The van der Waals surface area contributed by atoms with Crippen molar-refractivity contribution < 1.29 is 22.4 Å². The van der Waals surface area contributed by atoms with Gasteiger partial charge in [0, 0.05) is 0 Å². The van der Waals surface area contributed by atoms with Crippen LogP contribution in [0.3, 0.4) is 0 Å². The summed E-state index contributed by atoms with van der Waals surface area (Å²) in [5.41, 5.74) is 3.67. The summed E-state index contributed by atoms with van der Waals surface area (Å²) in [6, 6.07) is 38.8. The summed E-state index contributed by atoms with van der Waals surface area (Å²) < 4.78 is 42.3. The van der Waals surface area contributed by atoms with Gasteiger partial charge >= 0.3 is 204 Å². The van der Waals surface area contributed by atoms with Gasteiger partial charge in [-0.15, -0.1) is 0 Å². The standard InChI is InChI=1S/C34H26O5SSe/c35-25-17-13-24(14-18-25)33-32(23-15-19-27(20-16-23)41-26-9-2-1-3-10-26)30-21-31(34(33)38-30)40(36,37)39-29-12-6-8-22-7-4-5-11-28(22)29/h1-20,30-31,34-35H,21H2. The summed E-state index contributed by atoms with van der Waals surface area (Å²) in [5.74, 6) is 0.466. The summed E-state index contributed by atoms with van der Waals surface area (Å²) >= 11 is 0.192. The third-order valence-corrected chi connectivity index (χ3v) is 11.4. The van der Waals surface area contributed by atoms with Crippen LogP contribution in [0.15, 0.2) is 121 Å². The second-order valence-corrected chi connectivity index (χ2v) is 14.4. The van der Waals surface area contributed by atoms with Crippen LogP contribution >= 0.6 is 0 Å². The zero-order valence-electron chi connectivity index (χ0n) is 21.9. The summed E-state index contributed by atoms with van der Waals surface area (Å²) in [7, 11) is -4.04. The number of aromatic hydroxyl groups is 1. The van der Waals surface area contributed by atoms with E-state index in [2.05, 4.69) is 48.5 Å². The second-order valence-electron chi connectivity index (χ2n) is 10.2. The van der Waals surface area contributed by atoms with Gasteiger partial charge in [0.2, 0.25) is 0 Å². The number of phenols is 1. The first-order chi connectivity index (χ1) is 20.0. The minimum atomic E-state index is -4.04. The van der Waals surface area contributed by atoms with E-state index in [0.29, 0.717) is 12.2 Å². The van der Waals surface area contributed by atoms with E-state index in [1.807, 2.05) is 48.5 Å². The van der Waals surface area contributed by atoms with E-state index in [1.54, 1.807) is 24.3 Å². The molecule has 0 radical (unpaired) electrons. The number of benzene rings is 5. The Bertz CT molecular complexity index is 1860. The molecular formula is C34H26O5SSe. The zero-order valence-corrected chi connectivity index (χ0v) is 24.4. The van der Waals surface area contributed by atoms with Crippen molar-refractivity contribution >= 4 is 55.9 Å². The molecule has 5 aromatic carbocycles. The average molecular weight is 626 g/mol. The van der Waals surface area contributed by atoms with Crippen LogP contribution in [0.2, 0.25) is 0 Å². The van der Waals surface area contributed by atoms with E-state index in [-0.39, 0.29) is 26.8 Å². The predicted molar refractivity (Wildman–Crippen MR) is 163 cm³/mol. The molecular weight excluding hydrogens is 599 g/mol. The predicted octanol–water partition coefficient (Wildman–Crippen LogP) is 5.06. The molecule has 0 saturated carbocycles. The van der Waals surface area contributed by atoms with E-state index in [0.717, 1.165) is 33.0 Å². The fourth-order valence-corrected chi connectivity index (χ4v) is 8.97. The molecule has 204 valence electrons. The summed E-state index contributed by atoms with van der Waals surface area (Å²) in [6.45, 7) is 0. The molecule has 2 bridgehead atoms. The average Bonchev–Trinajstić information content (AvgIpc) is 3.59. The molecule has 2 heterocycles. The summed E-state index contributed by atoms with van der Waals surface area (Å²) in [6.07, 6.45) is -0.761. The van der Waals surface area contributed by atoms with Gasteiger partial charge in [0.05, 0.1) is 0 Å². The van der Waals surface area contributed by atoms with Gasteiger partial charge in [-0.2, -0.15) is 0 Å². The topological polar surface area (TPSA) is 72.8 Å². The molecule has 5 aromatic rings. The zero-order chi connectivity index (χ0) is 28.0. The Morgan fingerprint density at radius 2 is 1.34 bits per heavy atom. The number of hydrogen-bond acceptors (Lipinski definition) is 5. The fourth-order valence-electron chi connectivity index (χ4n) is 5.78.